The van der Waals surface area contributed by atoms with Crippen LogP contribution in [0.1, 0.15) is 35.0 Å². The summed E-state index contributed by atoms with van der Waals surface area (Å²) in [6, 6.07) is 13.3. The maximum absolute atomic E-state index is 5.53. The lowest BCUT2D eigenvalue weighted by Crippen LogP contribution is -2.07. The van der Waals surface area contributed by atoms with E-state index in [-0.39, 0.29) is 0 Å². The molecule has 0 saturated heterocycles. The van der Waals surface area contributed by atoms with Crippen LogP contribution in [0.25, 0.3) is 11.1 Å². The van der Waals surface area contributed by atoms with Gasteiger partial charge in [0, 0.05) is 12.6 Å². The van der Waals surface area contributed by atoms with Crippen LogP contribution in [0.5, 0.6) is 0 Å². The first-order valence-corrected chi connectivity index (χ1v) is 7.42. The summed E-state index contributed by atoms with van der Waals surface area (Å²) in [6.07, 6.45) is 2.30. The fourth-order valence-corrected chi connectivity index (χ4v) is 3.21. The van der Waals surface area contributed by atoms with Crippen molar-refractivity contribution in [3.63, 3.8) is 0 Å². The summed E-state index contributed by atoms with van der Waals surface area (Å²) < 4.78 is 5.53. The molecule has 21 heavy (non-hydrogen) atoms. The monoisotopic (exact) mass is 278 g/mol. The number of fused-ring (bicyclic) bond motifs is 2. The number of rotatable bonds is 2. The number of anilines is 1. The molecule has 0 amide bonds. The fraction of sp³-hybridized carbons (Fsp3) is 0.278. The summed E-state index contributed by atoms with van der Waals surface area (Å²) in [5, 5.41) is 3.64. The van der Waals surface area contributed by atoms with Crippen LogP contribution in [0.15, 0.2) is 40.8 Å². The normalized spacial score (nSPS) is 17.1. The molecule has 0 aliphatic heterocycles. The Labute approximate surface area is 124 Å². The van der Waals surface area contributed by atoms with Crippen molar-refractivity contribution >= 4 is 16.8 Å². The maximum Gasteiger partial charge on any atom is 0.192 e. The summed E-state index contributed by atoms with van der Waals surface area (Å²) in [4.78, 5) is 4.40. The quantitative estimate of drug-likeness (QED) is 0.747. The molecule has 0 bridgehead atoms. The number of nitrogens with zero attached hydrogens (tertiary/aromatic N) is 1. The van der Waals surface area contributed by atoms with E-state index in [4.69, 9.17) is 4.42 Å². The van der Waals surface area contributed by atoms with Gasteiger partial charge in [0.05, 0.1) is 6.04 Å². The predicted molar refractivity (Wildman–Crippen MR) is 84.6 cm³/mol. The predicted octanol–water partition coefficient (Wildman–Crippen LogP) is 4.54. The van der Waals surface area contributed by atoms with Crippen LogP contribution in [-0.2, 0) is 6.42 Å². The maximum atomic E-state index is 5.53. The molecule has 1 unspecified atom stereocenters. The first-order chi connectivity index (χ1) is 10.2. The van der Waals surface area contributed by atoms with Gasteiger partial charge < -0.3 is 9.73 Å². The zero-order valence-electron chi connectivity index (χ0n) is 12.3. The molecule has 0 radical (unpaired) electrons. The Bertz CT molecular complexity index is 819. The van der Waals surface area contributed by atoms with Gasteiger partial charge in [-0.15, -0.1) is 0 Å². The zero-order chi connectivity index (χ0) is 14.4. The topological polar surface area (TPSA) is 38.1 Å². The van der Waals surface area contributed by atoms with Crippen LogP contribution in [-0.4, -0.2) is 4.98 Å². The lowest BCUT2D eigenvalue weighted by Gasteiger charge is -2.16. The van der Waals surface area contributed by atoms with Crippen molar-refractivity contribution in [3.05, 3.63) is 59.0 Å². The number of aryl methyl sites for hydroxylation is 3. The Morgan fingerprint density at radius 1 is 1.14 bits per heavy atom. The molecular formula is C18H18N2O. The van der Waals surface area contributed by atoms with E-state index in [2.05, 4.69) is 47.6 Å². The smallest absolute Gasteiger partial charge is 0.192 e. The van der Waals surface area contributed by atoms with Crippen molar-refractivity contribution in [2.24, 2.45) is 0 Å². The molecule has 1 N–H and O–H groups in total. The average Bonchev–Trinajstić information content (AvgIpc) is 3.01. The number of hydrogen-bond acceptors (Lipinski definition) is 3. The van der Waals surface area contributed by atoms with E-state index in [0.29, 0.717) is 11.9 Å². The Hall–Kier alpha value is -2.29. The van der Waals surface area contributed by atoms with Crippen molar-refractivity contribution in [2.75, 3.05) is 5.32 Å². The molecule has 2 aromatic carbocycles. The van der Waals surface area contributed by atoms with E-state index in [1.807, 2.05) is 13.0 Å². The minimum Gasteiger partial charge on any atom is -0.441 e. The van der Waals surface area contributed by atoms with Gasteiger partial charge >= 0.3 is 0 Å². The molecule has 1 aliphatic carbocycles. The molecule has 4 rings (SSSR count). The van der Waals surface area contributed by atoms with E-state index in [1.54, 1.807) is 0 Å². The molecule has 1 aliphatic rings. The standard InChI is InChI=1S/C18H18N2O/c1-11-3-4-13-5-7-16(15(13)9-11)20-14-6-8-18-17(10-14)19-12(2)21-18/h3-4,6,8-10,16,20H,5,7H2,1-2H3. The second kappa shape index (κ2) is 4.62. The Kier molecular flexibility index (Phi) is 2.74. The van der Waals surface area contributed by atoms with E-state index in [1.165, 1.54) is 16.7 Å². The van der Waals surface area contributed by atoms with Crippen LogP contribution in [0.4, 0.5) is 5.69 Å². The van der Waals surface area contributed by atoms with Crippen molar-refractivity contribution in [3.8, 4) is 0 Å². The molecule has 0 fully saturated rings. The van der Waals surface area contributed by atoms with E-state index in [0.717, 1.165) is 29.6 Å². The van der Waals surface area contributed by atoms with Crippen molar-refractivity contribution in [1.29, 1.82) is 0 Å². The van der Waals surface area contributed by atoms with Gasteiger partial charge in [-0.25, -0.2) is 4.98 Å². The third-order valence-corrected chi connectivity index (χ3v) is 4.21. The van der Waals surface area contributed by atoms with Gasteiger partial charge in [0.1, 0.15) is 5.52 Å². The van der Waals surface area contributed by atoms with Gasteiger partial charge in [0.15, 0.2) is 11.5 Å². The molecule has 3 heteroatoms. The minimum atomic E-state index is 0.394. The highest BCUT2D eigenvalue weighted by Gasteiger charge is 2.22. The summed E-state index contributed by atoms with van der Waals surface area (Å²) in [5.41, 5.74) is 7.10. The van der Waals surface area contributed by atoms with Crippen LogP contribution >= 0.6 is 0 Å². The third kappa shape index (κ3) is 2.19. The Morgan fingerprint density at radius 3 is 2.95 bits per heavy atom. The van der Waals surface area contributed by atoms with E-state index in [9.17, 15) is 0 Å². The molecular weight excluding hydrogens is 260 g/mol. The molecule has 0 spiro atoms. The van der Waals surface area contributed by atoms with Crippen molar-refractivity contribution in [1.82, 2.24) is 4.98 Å². The number of oxazole rings is 1. The molecule has 3 aromatic rings. The number of nitrogens with one attached hydrogen (secondary N) is 1. The van der Waals surface area contributed by atoms with Crippen LogP contribution in [0.2, 0.25) is 0 Å². The van der Waals surface area contributed by atoms with Crippen molar-refractivity contribution in [2.45, 2.75) is 32.7 Å². The summed E-state index contributed by atoms with van der Waals surface area (Å²) in [6.45, 7) is 4.03. The zero-order valence-corrected chi connectivity index (χ0v) is 12.3. The number of benzene rings is 2. The first kappa shape index (κ1) is 12.5. The van der Waals surface area contributed by atoms with Gasteiger partial charge in [0.25, 0.3) is 0 Å². The lowest BCUT2D eigenvalue weighted by molar-refractivity contribution is 0.561. The van der Waals surface area contributed by atoms with Gasteiger partial charge in [-0.2, -0.15) is 0 Å². The van der Waals surface area contributed by atoms with Crippen LogP contribution in [0.3, 0.4) is 0 Å². The van der Waals surface area contributed by atoms with Gasteiger partial charge in [-0.1, -0.05) is 23.8 Å². The Balaban J connectivity index is 1.65. The minimum absolute atomic E-state index is 0.394. The Morgan fingerprint density at radius 2 is 2.05 bits per heavy atom. The van der Waals surface area contributed by atoms with Gasteiger partial charge in [-0.3, -0.25) is 0 Å². The molecule has 1 atom stereocenters. The van der Waals surface area contributed by atoms with Crippen molar-refractivity contribution < 1.29 is 4.42 Å². The van der Waals surface area contributed by atoms with E-state index >= 15 is 0 Å². The summed E-state index contributed by atoms with van der Waals surface area (Å²) in [7, 11) is 0. The molecule has 3 nitrogen and oxygen atoms in total. The van der Waals surface area contributed by atoms with Gasteiger partial charge in [-0.05, 0) is 49.1 Å². The largest absolute Gasteiger partial charge is 0.441 e. The fourth-order valence-electron chi connectivity index (χ4n) is 3.21. The second-order valence-electron chi connectivity index (χ2n) is 5.85. The highest BCUT2D eigenvalue weighted by Crippen LogP contribution is 2.35. The van der Waals surface area contributed by atoms with E-state index < -0.39 is 0 Å². The molecule has 0 saturated carbocycles. The number of hydrogen-bond donors (Lipinski definition) is 1. The summed E-state index contributed by atoms with van der Waals surface area (Å²) in [5.74, 6) is 0.712. The number of aromatic nitrogens is 1. The average molecular weight is 278 g/mol. The molecule has 1 heterocycles. The highest BCUT2D eigenvalue weighted by atomic mass is 16.3. The van der Waals surface area contributed by atoms with Gasteiger partial charge in [0.2, 0.25) is 0 Å². The molecule has 106 valence electrons. The lowest BCUT2D eigenvalue weighted by atomic mass is 10.0. The SMILES string of the molecule is Cc1ccc2c(c1)C(Nc1ccc3oc(C)nc3c1)CC2. The van der Waals surface area contributed by atoms with Crippen LogP contribution < -0.4 is 5.32 Å². The molecule has 1 aromatic heterocycles. The third-order valence-electron chi connectivity index (χ3n) is 4.21. The highest BCUT2D eigenvalue weighted by molar-refractivity contribution is 5.77. The second-order valence-corrected chi connectivity index (χ2v) is 5.85. The van der Waals surface area contributed by atoms with Crippen LogP contribution in [0, 0.1) is 13.8 Å². The summed E-state index contributed by atoms with van der Waals surface area (Å²) >= 11 is 0. The first-order valence-electron chi connectivity index (χ1n) is 7.42.